The molecule has 0 heterocycles. The molecule has 9 heteroatoms. The van der Waals surface area contributed by atoms with Gasteiger partial charge in [0.05, 0.1) is 33.3 Å². The molecule has 0 unspecified atom stereocenters. The van der Waals surface area contributed by atoms with Crippen molar-refractivity contribution in [2.45, 2.75) is 13.5 Å². The fourth-order valence-corrected chi connectivity index (χ4v) is 3.52. The Morgan fingerprint density at radius 2 is 1.69 bits per heavy atom. The first kappa shape index (κ1) is 22.4. The van der Waals surface area contributed by atoms with E-state index in [2.05, 4.69) is 5.32 Å². The normalized spacial score (nSPS) is 11.0. The smallest absolute Gasteiger partial charge is 0.251 e. The Hall–Kier alpha value is -2.94. The lowest BCUT2D eigenvalue weighted by atomic mass is 10.1. The van der Waals surface area contributed by atoms with Gasteiger partial charge in [0.25, 0.3) is 5.91 Å². The summed E-state index contributed by atoms with van der Waals surface area (Å²) in [7, 11) is 2.56. The van der Waals surface area contributed by atoms with Gasteiger partial charge in [-0.05, 0) is 36.8 Å². The summed E-state index contributed by atoms with van der Waals surface area (Å²) in [5, 5.41) is 2.84. The van der Waals surface area contributed by atoms with E-state index in [1.165, 1.54) is 28.4 Å². The lowest BCUT2D eigenvalue weighted by Gasteiger charge is -2.20. The maximum Gasteiger partial charge on any atom is 0.251 e. The number of nitrogens with one attached hydrogen (secondary N) is 1. The van der Waals surface area contributed by atoms with Crippen LogP contribution in [0, 0.1) is 6.92 Å². The van der Waals surface area contributed by atoms with Gasteiger partial charge in [-0.2, -0.15) is 0 Å². The van der Waals surface area contributed by atoms with E-state index >= 15 is 0 Å². The fraction of sp³-hybridized carbons (Fsp3) is 0.350. The summed E-state index contributed by atoms with van der Waals surface area (Å²) in [6.07, 6.45) is 1.11. The van der Waals surface area contributed by atoms with Crippen molar-refractivity contribution < 1.29 is 27.4 Å². The molecule has 2 aromatic carbocycles. The van der Waals surface area contributed by atoms with Crippen LogP contribution >= 0.6 is 0 Å². The third-order valence-corrected chi connectivity index (χ3v) is 5.80. The molecule has 0 radical (unpaired) electrons. The molecule has 1 amide bonds. The van der Waals surface area contributed by atoms with Gasteiger partial charge < -0.3 is 19.5 Å². The number of methoxy groups -OCH3 is 3. The summed E-state index contributed by atoms with van der Waals surface area (Å²) in [5.74, 6) is 1.10. The Morgan fingerprint density at radius 3 is 2.24 bits per heavy atom. The predicted octanol–water partition coefficient (Wildman–Crippen LogP) is 2.35. The molecule has 0 aliphatic carbocycles. The monoisotopic (exact) mass is 422 g/mol. The highest BCUT2D eigenvalue weighted by Crippen LogP contribution is 2.39. The lowest BCUT2D eigenvalue weighted by molar-refractivity contribution is 0.0950. The van der Waals surface area contributed by atoms with Crippen LogP contribution in [0.4, 0.5) is 5.69 Å². The second-order valence-electron chi connectivity index (χ2n) is 6.36. The Morgan fingerprint density at radius 1 is 1.03 bits per heavy atom. The molecule has 1 N–H and O–H groups in total. The van der Waals surface area contributed by atoms with Crippen LogP contribution in [0.15, 0.2) is 30.3 Å². The molecule has 29 heavy (non-hydrogen) atoms. The predicted molar refractivity (Wildman–Crippen MR) is 112 cm³/mol. The number of hydrogen-bond donors (Lipinski definition) is 1. The molecule has 0 bridgehead atoms. The van der Waals surface area contributed by atoms with Gasteiger partial charge in [0.15, 0.2) is 11.5 Å². The van der Waals surface area contributed by atoms with Crippen LogP contribution in [0.25, 0.3) is 0 Å². The van der Waals surface area contributed by atoms with Crippen molar-refractivity contribution in [1.82, 2.24) is 5.32 Å². The molecule has 0 saturated heterocycles. The number of nitrogens with zero attached hydrogens (tertiary/aromatic N) is 1. The standard InChI is InChI=1S/C20H26N2O6S/c1-13-15(8-7-9-16(13)22(2)29(6,24)25)20(23)21-12-14-10-11-17(26-3)19(28-5)18(14)27-4/h7-11H,12H2,1-6H3,(H,21,23). The van der Waals surface area contributed by atoms with Gasteiger partial charge in [0.2, 0.25) is 15.8 Å². The zero-order chi connectivity index (χ0) is 21.8. The van der Waals surface area contributed by atoms with Gasteiger partial charge >= 0.3 is 0 Å². The molecule has 158 valence electrons. The first-order valence-corrected chi connectivity index (χ1v) is 10.6. The van der Waals surface area contributed by atoms with Gasteiger partial charge in [0, 0.05) is 24.7 Å². The molecule has 0 aromatic heterocycles. The van der Waals surface area contributed by atoms with Crippen molar-refractivity contribution in [3.63, 3.8) is 0 Å². The Balaban J connectivity index is 2.29. The first-order chi connectivity index (χ1) is 13.6. The summed E-state index contributed by atoms with van der Waals surface area (Å²) < 4.78 is 40.9. The number of hydrogen-bond acceptors (Lipinski definition) is 6. The second kappa shape index (κ2) is 9.04. The van der Waals surface area contributed by atoms with E-state index < -0.39 is 10.0 Å². The van der Waals surface area contributed by atoms with Crippen molar-refractivity contribution in [1.29, 1.82) is 0 Å². The molecule has 0 fully saturated rings. The van der Waals surface area contributed by atoms with E-state index in [0.29, 0.717) is 39.6 Å². The van der Waals surface area contributed by atoms with Gasteiger partial charge in [-0.3, -0.25) is 9.10 Å². The van der Waals surface area contributed by atoms with Gasteiger partial charge in [0.1, 0.15) is 0 Å². The maximum atomic E-state index is 12.8. The highest BCUT2D eigenvalue weighted by Gasteiger charge is 2.20. The molecule has 0 atom stereocenters. The number of carbonyl (C=O) groups excluding carboxylic acids is 1. The summed E-state index contributed by atoms with van der Waals surface area (Å²) in [6.45, 7) is 1.90. The van der Waals surface area contributed by atoms with Crippen LogP contribution < -0.4 is 23.8 Å². The van der Waals surface area contributed by atoms with Gasteiger partial charge in [-0.25, -0.2) is 8.42 Å². The Bertz CT molecular complexity index is 1000. The van der Waals surface area contributed by atoms with E-state index in [4.69, 9.17) is 14.2 Å². The molecular formula is C20H26N2O6S. The van der Waals surface area contributed by atoms with E-state index in [0.717, 1.165) is 10.6 Å². The largest absolute Gasteiger partial charge is 0.493 e. The summed E-state index contributed by atoms with van der Waals surface area (Å²) >= 11 is 0. The number of amides is 1. The van der Waals surface area contributed by atoms with Crippen molar-refractivity contribution >= 4 is 21.6 Å². The molecule has 0 aliphatic heterocycles. The number of sulfonamides is 1. The molecular weight excluding hydrogens is 396 g/mol. The molecule has 0 spiro atoms. The number of ether oxygens (including phenoxy) is 3. The highest BCUT2D eigenvalue weighted by molar-refractivity contribution is 7.92. The molecule has 2 aromatic rings. The summed E-state index contributed by atoms with van der Waals surface area (Å²) in [6, 6.07) is 8.47. The van der Waals surface area contributed by atoms with Gasteiger partial charge in [-0.1, -0.05) is 6.07 Å². The number of rotatable bonds is 8. The maximum absolute atomic E-state index is 12.8. The summed E-state index contributed by atoms with van der Waals surface area (Å²) in [5.41, 5.74) is 2.11. The Kier molecular flexibility index (Phi) is 6.97. The van der Waals surface area contributed by atoms with Crippen LogP contribution in [0.5, 0.6) is 17.2 Å². The van der Waals surface area contributed by atoms with Crippen LogP contribution in [0.2, 0.25) is 0 Å². The van der Waals surface area contributed by atoms with E-state index in [1.54, 1.807) is 37.3 Å². The third kappa shape index (κ3) is 4.73. The average molecular weight is 423 g/mol. The zero-order valence-corrected chi connectivity index (χ0v) is 18.2. The van der Waals surface area contributed by atoms with Crippen molar-refractivity contribution in [3.05, 3.63) is 47.0 Å². The second-order valence-corrected chi connectivity index (χ2v) is 8.37. The van der Waals surface area contributed by atoms with Gasteiger partial charge in [-0.15, -0.1) is 0 Å². The number of benzene rings is 2. The molecule has 2 rings (SSSR count). The van der Waals surface area contributed by atoms with Crippen LogP contribution in [-0.2, 0) is 16.6 Å². The topological polar surface area (TPSA) is 94.2 Å². The van der Waals surface area contributed by atoms with Crippen molar-refractivity contribution in [3.8, 4) is 17.2 Å². The van der Waals surface area contributed by atoms with Crippen LogP contribution in [0.1, 0.15) is 21.5 Å². The SMILES string of the molecule is COc1ccc(CNC(=O)c2cccc(N(C)S(C)(=O)=O)c2C)c(OC)c1OC. The molecule has 8 nitrogen and oxygen atoms in total. The fourth-order valence-electron chi connectivity index (χ4n) is 2.96. The quantitative estimate of drug-likeness (QED) is 0.702. The van der Waals surface area contributed by atoms with Crippen LogP contribution in [0.3, 0.4) is 0 Å². The first-order valence-electron chi connectivity index (χ1n) is 8.75. The van der Waals surface area contributed by atoms with E-state index in [9.17, 15) is 13.2 Å². The van der Waals surface area contributed by atoms with Crippen molar-refractivity contribution in [2.24, 2.45) is 0 Å². The van der Waals surface area contributed by atoms with Crippen molar-refractivity contribution in [2.75, 3.05) is 38.9 Å². The Labute approximate surface area is 171 Å². The minimum atomic E-state index is -3.44. The zero-order valence-electron chi connectivity index (χ0n) is 17.4. The minimum absolute atomic E-state index is 0.188. The third-order valence-electron chi connectivity index (χ3n) is 4.61. The van der Waals surface area contributed by atoms with E-state index in [-0.39, 0.29) is 12.5 Å². The molecule has 0 saturated carbocycles. The average Bonchev–Trinajstić information content (AvgIpc) is 2.69. The summed E-state index contributed by atoms with van der Waals surface area (Å²) in [4.78, 5) is 12.8. The number of carbonyl (C=O) groups is 1. The van der Waals surface area contributed by atoms with Crippen LogP contribution in [-0.4, -0.2) is 49.0 Å². The lowest BCUT2D eigenvalue weighted by Crippen LogP contribution is -2.28. The number of anilines is 1. The molecule has 0 aliphatic rings. The minimum Gasteiger partial charge on any atom is -0.493 e. The van der Waals surface area contributed by atoms with E-state index in [1.807, 2.05) is 0 Å². The highest BCUT2D eigenvalue weighted by atomic mass is 32.2.